The summed E-state index contributed by atoms with van der Waals surface area (Å²) in [5.74, 6) is 0.947. The van der Waals surface area contributed by atoms with E-state index in [0.717, 1.165) is 47.2 Å². The highest BCUT2D eigenvalue weighted by atomic mass is 79.9. The van der Waals surface area contributed by atoms with Gasteiger partial charge in [0.25, 0.3) is 0 Å². The third-order valence-electron chi connectivity index (χ3n) is 4.69. The number of likely N-dealkylation sites (N-methyl/N-ethyl adjacent to an activating group) is 1. The molecule has 0 aliphatic heterocycles. The molecule has 5 heteroatoms. The number of carbonyl (C=O) groups is 1. The number of amides is 1. The Balaban J connectivity index is 1.85. The topological polar surface area (TPSA) is 46.3 Å². The van der Waals surface area contributed by atoms with Crippen LogP contribution in [0.15, 0.2) is 39.3 Å². The summed E-state index contributed by atoms with van der Waals surface area (Å²) in [5.41, 5.74) is 1.52. The van der Waals surface area contributed by atoms with Gasteiger partial charge in [-0.2, -0.15) is 0 Å². The van der Waals surface area contributed by atoms with Gasteiger partial charge in [0.05, 0.1) is 12.0 Å². The number of hydrogen-bond donors (Lipinski definition) is 0. The summed E-state index contributed by atoms with van der Waals surface area (Å²) in [6.45, 7) is 2.34. The smallest absolute Gasteiger partial charge is 0.233 e. The number of halogens is 1. The average Bonchev–Trinajstić information content (AvgIpc) is 3.17. The molecule has 122 valence electrons. The van der Waals surface area contributed by atoms with Crippen molar-refractivity contribution in [1.82, 2.24) is 10.1 Å². The molecule has 0 N–H and O–H groups in total. The van der Waals surface area contributed by atoms with Crippen LogP contribution < -0.4 is 0 Å². The summed E-state index contributed by atoms with van der Waals surface area (Å²) in [6, 6.07) is 10.1. The van der Waals surface area contributed by atoms with Crippen LogP contribution in [0.1, 0.15) is 42.7 Å². The largest absolute Gasteiger partial charge is 0.361 e. The normalized spacial score (nSPS) is 16.5. The zero-order valence-corrected chi connectivity index (χ0v) is 15.1. The third-order valence-corrected chi connectivity index (χ3v) is 5.21. The monoisotopic (exact) mass is 376 g/mol. The van der Waals surface area contributed by atoms with Crippen molar-refractivity contribution >= 4 is 21.8 Å². The molecule has 0 saturated heterocycles. The number of rotatable bonds is 4. The predicted octanol–water partition coefficient (Wildman–Crippen LogP) is 4.22. The van der Waals surface area contributed by atoms with Crippen LogP contribution in [0.3, 0.4) is 0 Å². The van der Waals surface area contributed by atoms with E-state index in [1.54, 1.807) is 4.90 Å². The molecule has 1 aliphatic carbocycles. The van der Waals surface area contributed by atoms with Crippen LogP contribution in [0.25, 0.3) is 0 Å². The van der Waals surface area contributed by atoms with E-state index < -0.39 is 5.41 Å². The summed E-state index contributed by atoms with van der Waals surface area (Å²) < 4.78 is 6.14. The van der Waals surface area contributed by atoms with Crippen LogP contribution in [0.5, 0.6) is 0 Å². The lowest BCUT2D eigenvalue weighted by Crippen LogP contribution is -2.43. The number of aromatic nitrogens is 1. The number of carbonyl (C=O) groups excluding carboxylic acids is 1. The first-order valence-electron chi connectivity index (χ1n) is 7.95. The second kappa shape index (κ2) is 6.48. The van der Waals surface area contributed by atoms with Crippen molar-refractivity contribution in [3.05, 3.63) is 51.8 Å². The highest BCUT2D eigenvalue weighted by Crippen LogP contribution is 2.43. The standard InChI is InChI=1S/C18H21BrN2O2/c1-13-11-16(20-23-13)12-21(2)17(22)18(9-3-4-10-18)14-5-7-15(19)8-6-14/h5-8,11H,3-4,9-10,12H2,1-2H3. The second-order valence-corrected chi connectivity index (χ2v) is 7.30. The minimum Gasteiger partial charge on any atom is -0.361 e. The lowest BCUT2D eigenvalue weighted by molar-refractivity contribution is -0.136. The van der Waals surface area contributed by atoms with Crippen LogP contribution >= 0.6 is 15.9 Å². The minimum atomic E-state index is -0.395. The molecule has 3 rings (SSSR count). The van der Waals surface area contributed by atoms with E-state index in [1.165, 1.54) is 0 Å². The maximum absolute atomic E-state index is 13.2. The zero-order chi connectivity index (χ0) is 16.4. The average molecular weight is 377 g/mol. The van der Waals surface area contributed by atoms with Gasteiger partial charge in [-0.3, -0.25) is 4.79 Å². The molecule has 1 fully saturated rings. The van der Waals surface area contributed by atoms with Crippen molar-refractivity contribution in [1.29, 1.82) is 0 Å². The molecular formula is C18H21BrN2O2. The molecule has 2 aromatic rings. The highest BCUT2D eigenvalue weighted by Gasteiger charge is 2.44. The fourth-order valence-electron chi connectivity index (χ4n) is 3.55. The van der Waals surface area contributed by atoms with Crippen molar-refractivity contribution in [2.75, 3.05) is 7.05 Å². The molecule has 0 bridgehead atoms. The van der Waals surface area contributed by atoms with E-state index in [1.807, 2.05) is 32.2 Å². The molecule has 1 aliphatic rings. The van der Waals surface area contributed by atoms with E-state index in [-0.39, 0.29) is 5.91 Å². The minimum absolute atomic E-state index is 0.179. The van der Waals surface area contributed by atoms with Gasteiger partial charge in [-0.1, -0.05) is 46.1 Å². The van der Waals surface area contributed by atoms with Gasteiger partial charge in [-0.05, 0) is 37.5 Å². The Labute approximate surface area is 145 Å². The molecule has 1 heterocycles. The van der Waals surface area contributed by atoms with Gasteiger partial charge in [0, 0.05) is 17.6 Å². The molecule has 0 unspecified atom stereocenters. The quantitative estimate of drug-likeness (QED) is 0.802. The van der Waals surface area contributed by atoms with Crippen LogP contribution in [0.4, 0.5) is 0 Å². The van der Waals surface area contributed by atoms with Crippen LogP contribution in [-0.2, 0) is 16.8 Å². The van der Waals surface area contributed by atoms with Gasteiger partial charge in [0.15, 0.2) is 0 Å². The fourth-order valence-corrected chi connectivity index (χ4v) is 3.81. The van der Waals surface area contributed by atoms with E-state index in [0.29, 0.717) is 6.54 Å². The van der Waals surface area contributed by atoms with Crippen molar-refractivity contribution < 1.29 is 9.32 Å². The Kier molecular flexibility index (Phi) is 4.57. The Morgan fingerprint density at radius 2 is 1.96 bits per heavy atom. The number of benzene rings is 1. The molecule has 1 aromatic carbocycles. The highest BCUT2D eigenvalue weighted by molar-refractivity contribution is 9.10. The summed E-state index contributed by atoms with van der Waals surface area (Å²) in [7, 11) is 1.85. The maximum atomic E-state index is 13.2. The molecule has 0 spiro atoms. The Morgan fingerprint density at radius 1 is 1.30 bits per heavy atom. The second-order valence-electron chi connectivity index (χ2n) is 6.39. The van der Waals surface area contributed by atoms with Crippen molar-refractivity contribution in [3.8, 4) is 0 Å². The maximum Gasteiger partial charge on any atom is 0.233 e. The van der Waals surface area contributed by atoms with Gasteiger partial charge < -0.3 is 9.42 Å². The summed E-state index contributed by atoms with van der Waals surface area (Å²) in [4.78, 5) is 15.0. The number of hydrogen-bond acceptors (Lipinski definition) is 3. The lowest BCUT2D eigenvalue weighted by Gasteiger charge is -2.32. The molecule has 23 heavy (non-hydrogen) atoms. The molecule has 4 nitrogen and oxygen atoms in total. The Bertz CT molecular complexity index is 687. The van der Waals surface area contributed by atoms with Crippen molar-refractivity contribution in [2.24, 2.45) is 0 Å². The van der Waals surface area contributed by atoms with Crippen LogP contribution in [0.2, 0.25) is 0 Å². The molecular weight excluding hydrogens is 356 g/mol. The molecule has 1 saturated carbocycles. The first-order valence-corrected chi connectivity index (χ1v) is 8.74. The third kappa shape index (κ3) is 3.20. The van der Waals surface area contributed by atoms with Gasteiger partial charge in [-0.25, -0.2) is 0 Å². The molecule has 0 atom stereocenters. The predicted molar refractivity (Wildman–Crippen MR) is 92.0 cm³/mol. The van der Waals surface area contributed by atoms with Gasteiger partial charge in [0.1, 0.15) is 11.5 Å². The van der Waals surface area contributed by atoms with Crippen LogP contribution in [-0.4, -0.2) is 23.0 Å². The first-order chi connectivity index (χ1) is 11.0. The van der Waals surface area contributed by atoms with E-state index in [9.17, 15) is 4.79 Å². The number of aryl methyl sites for hydroxylation is 1. The van der Waals surface area contributed by atoms with E-state index in [2.05, 4.69) is 33.2 Å². The first kappa shape index (κ1) is 16.2. The summed E-state index contributed by atoms with van der Waals surface area (Å²) in [6.07, 6.45) is 4.02. The molecule has 1 amide bonds. The SMILES string of the molecule is Cc1cc(CN(C)C(=O)C2(c3ccc(Br)cc3)CCCC2)no1. The van der Waals surface area contributed by atoms with Gasteiger partial charge in [-0.15, -0.1) is 0 Å². The summed E-state index contributed by atoms with van der Waals surface area (Å²) in [5, 5.41) is 4.00. The Hall–Kier alpha value is -1.62. The fraction of sp³-hybridized carbons (Fsp3) is 0.444. The van der Waals surface area contributed by atoms with Crippen molar-refractivity contribution in [3.63, 3.8) is 0 Å². The molecule has 0 radical (unpaired) electrons. The Morgan fingerprint density at radius 3 is 2.52 bits per heavy atom. The van der Waals surface area contributed by atoms with Crippen LogP contribution in [0, 0.1) is 6.92 Å². The van der Waals surface area contributed by atoms with E-state index >= 15 is 0 Å². The van der Waals surface area contributed by atoms with E-state index in [4.69, 9.17) is 4.52 Å². The van der Waals surface area contributed by atoms with Gasteiger partial charge >= 0.3 is 0 Å². The van der Waals surface area contributed by atoms with Crippen molar-refractivity contribution in [2.45, 2.75) is 44.6 Å². The summed E-state index contributed by atoms with van der Waals surface area (Å²) >= 11 is 3.47. The molecule has 1 aromatic heterocycles. The lowest BCUT2D eigenvalue weighted by atomic mass is 9.77. The number of nitrogens with zero attached hydrogens (tertiary/aromatic N) is 2. The zero-order valence-electron chi connectivity index (χ0n) is 13.5. The van der Waals surface area contributed by atoms with Gasteiger partial charge in [0.2, 0.25) is 5.91 Å².